The highest BCUT2D eigenvalue weighted by molar-refractivity contribution is 7.14. The summed E-state index contributed by atoms with van der Waals surface area (Å²) in [4.78, 5) is 49.5. The number of aromatic nitrogens is 1. The van der Waals surface area contributed by atoms with Crippen LogP contribution in [-0.2, 0) is 0 Å². The van der Waals surface area contributed by atoms with Crippen molar-refractivity contribution in [2.45, 2.75) is 0 Å². The summed E-state index contributed by atoms with van der Waals surface area (Å²) in [5.74, 6) is -0.266. The van der Waals surface area contributed by atoms with E-state index in [1.165, 1.54) is 12.5 Å². The molecule has 2 aromatic carbocycles. The second-order valence-corrected chi connectivity index (χ2v) is 7.45. The first-order chi connectivity index (χ1) is 15.7. The maximum absolute atomic E-state index is 12.5. The van der Waals surface area contributed by atoms with Gasteiger partial charge in [0.1, 0.15) is 11.3 Å². The molecule has 0 saturated carbocycles. The SMILES string of the molecule is COc1ccc2oc(=O)c(-c3csc(NC(=O)c4cc([N+](=O)[O-])cc([N+](=O)[O-])c4)n3)cc2c1. The first-order valence-corrected chi connectivity index (χ1v) is 9.96. The average Bonchev–Trinajstić information content (AvgIpc) is 3.25. The predicted molar refractivity (Wildman–Crippen MR) is 118 cm³/mol. The Morgan fingerprint density at radius 1 is 1.09 bits per heavy atom. The lowest BCUT2D eigenvalue weighted by molar-refractivity contribution is -0.394. The number of nitro groups is 2. The standard InChI is InChI=1S/C20H12N4O8S/c1-31-14-2-3-17-10(6-14)7-15(19(26)32-17)16-9-33-20(21-16)22-18(25)11-4-12(23(27)28)8-13(5-11)24(29)30/h2-9H,1H3,(H,21,22,25). The lowest BCUT2D eigenvalue weighted by Gasteiger charge is -2.03. The van der Waals surface area contributed by atoms with Gasteiger partial charge in [-0.3, -0.25) is 30.3 Å². The molecule has 1 N–H and O–H groups in total. The van der Waals surface area contributed by atoms with Crippen LogP contribution >= 0.6 is 11.3 Å². The van der Waals surface area contributed by atoms with E-state index in [4.69, 9.17) is 9.15 Å². The number of rotatable bonds is 6. The van der Waals surface area contributed by atoms with Gasteiger partial charge in [-0.05, 0) is 24.3 Å². The van der Waals surface area contributed by atoms with Crippen molar-refractivity contribution in [3.63, 3.8) is 0 Å². The van der Waals surface area contributed by atoms with Gasteiger partial charge in [0, 0.05) is 22.9 Å². The Morgan fingerprint density at radius 2 is 1.79 bits per heavy atom. The molecule has 0 aliphatic carbocycles. The van der Waals surface area contributed by atoms with Crippen molar-refractivity contribution in [2.75, 3.05) is 12.4 Å². The van der Waals surface area contributed by atoms with Gasteiger partial charge in [-0.15, -0.1) is 11.3 Å². The topological polar surface area (TPSA) is 168 Å². The minimum Gasteiger partial charge on any atom is -0.497 e. The third kappa shape index (κ3) is 4.38. The van der Waals surface area contributed by atoms with Crippen LogP contribution in [0, 0.1) is 20.2 Å². The van der Waals surface area contributed by atoms with E-state index in [9.17, 15) is 29.8 Å². The third-order valence-corrected chi connectivity index (χ3v) is 5.28. The molecule has 12 nitrogen and oxygen atoms in total. The number of nitro benzene ring substituents is 2. The summed E-state index contributed by atoms with van der Waals surface area (Å²) in [6.07, 6.45) is 0. The van der Waals surface area contributed by atoms with Gasteiger partial charge in [0.2, 0.25) is 0 Å². The summed E-state index contributed by atoms with van der Waals surface area (Å²) in [5, 5.41) is 26.7. The Bertz CT molecular complexity index is 1460. The van der Waals surface area contributed by atoms with E-state index in [1.807, 2.05) is 0 Å². The molecule has 0 spiro atoms. The number of hydrogen-bond donors (Lipinski definition) is 1. The Labute approximate surface area is 187 Å². The molecule has 1 amide bonds. The summed E-state index contributed by atoms with van der Waals surface area (Å²) >= 11 is 0.994. The van der Waals surface area contributed by atoms with E-state index in [1.54, 1.807) is 24.3 Å². The normalized spacial score (nSPS) is 10.7. The van der Waals surface area contributed by atoms with E-state index >= 15 is 0 Å². The lowest BCUT2D eigenvalue weighted by Crippen LogP contribution is -2.12. The molecule has 2 aromatic heterocycles. The molecular weight excluding hydrogens is 456 g/mol. The van der Waals surface area contributed by atoms with Crippen LogP contribution in [0.15, 0.2) is 57.1 Å². The Balaban J connectivity index is 1.64. The lowest BCUT2D eigenvalue weighted by atomic mass is 10.1. The van der Waals surface area contributed by atoms with Crippen molar-refractivity contribution >= 4 is 44.7 Å². The summed E-state index contributed by atoms with van der Waals surface area (Å²) in [5.41, 5.74) is -1.37. The Morgan fingerprint density at radius 3 is 2.42 bits per heavy atom. The minimum absolute atomic E-state index is 0.0781. The molecule has 0 radical (unpaired) electrons. The molecule has 0 aliphatic rings. The second-order valence-electron chi connectivity index (χ2n) is 6.60. The largest absolute Gasteiger partial charge is 0.497 e. The summed E-state index contributed by atoms with van der Waals surface area (Å²) in [7, 11) is 1.51. The van der Waals surface area contributed by atoms with Gasteiger partial charge in [0.15, 0.2) is 5.13 Å². The van der Waals surface area contributed by atoms with Crippen LogP contribution in [0.2, 0.25) is 0 Å². The van der Waals surface area contributed by atoms with Crippen LogP contribution in [0.3, 0.4) is 0 Å². The van der Waals surface area contributed by atoms with Gasteiger partial charge in [-0.1, -0.05) is 0 Å². The number of nitrogens with zero attached hydrogens (tertiary/aromatic N) is 3. The monoisotopic (exact) mass is 468 g/mol. The molecule has 0 aliphatic heterocycles. The number of carbonyl (C=O) groups excluding carboxylic acids is 1. The number of anilines is 1. The van der Waals surface area contributed by atoms with Gasteiger partial charge in [-0.2, -0.15) is 0 Å². The second kappa shape index (κ2) is 8.47. The fourth-order valence-corrected chi connectivity index (χ4v) is 3.67. The smallest absolute Gasteiger partial charge is 0.345 e. The number of benzene rings is 2. The number of carbonyl (C=O) groups is 1. The van der Waals surface area contributed by atoms with Crippen molar-refractivity contribution in [3.8, 4) is 17.0 Å². The van der Waals surface area contributed by atoms with E-state index in [0.29, 0.717) is 16.7 Å². The van der Waals surface area contributed by atoms with Gasteiger partial charge in [0.05, 0.1) is 39.8 Å². The maximum atomic E-state index is 12.5. The minimum atomic E-state index is -0.835. The molecule has 0 fully saturated rings. The van der Waals surface area contributed by atoms with Crippen LogP contribution < -0.4 is 15.7 Å². The molecule has 33 heavy (non-hydrogen) atoms. The molecule has 13 heteroatoms. The number of ether oxygens (including phenoxy) is 1. The number of amides is 1. The predicted octanol–water partition coefficient (Wildman–Crippen LogP) is 3.99. The van der Waals surface area contributed by atoms with Crippen molar-refractivity contribution in [1.82, 2.24) is 4.98 Å². The summed E-state index contributed by atoms with van der Waals surface area (Å²) < 4.78 is 10.5. The molecule has 0 bridgehead atoms. The number of hydrogen-bond acceptors (Lipinski definition) is 10. The van der Waals surface area contributed by atoms with E-state index in [-0.39, 0.29) is 22.0 Å². The fourth-order valence-electron chi connectivity index (χ4n) is 2.97. The number of nitrogens with one attached hydrogen (secondary N) is 1. The number of thiazole rings is 1. The van der Waals surface area contributed by atoms with Gasteiger partial charge in [-0.25, -0.2) is 9.78 Å². The average molecular weight is 468 g/mol. The molecule has 4 rings (SSSR count). The van der Waals surface area contributed by atoms with E-state index in [0.717, 1.165) is 29.5 Å². The van der Waals surface area contributed by atoms with Crippen LogP contribution in [0.1, 0.15) is 10.4 Å². The highest BCUT2D eigenvalue weighted by Crippen LogP contribution is 2.28. The molecule has 0 saturated heterocycles. The van der Waals surface area contributed by atoms with Crippen molar-refractivity contribution in [1.29, 1.82) is 0 Å². The molecule has 0 unspecified atom stereocenters. The molecule has 0 atom stereocenters. The number of methoxy groups -OCH3 is 1. The molecule has 166 valence electrons. The summed E-state index contributed by atoms with van der Waals surface area (Å²) in [6, 6.07) is 9.11. The zero-order chi connectivity index (χ0) is 23.7. The number of non-ortho nitro benzene ring substituents is 2. The first kappa shape index (κ1) is 21.6. The van der Waals surface area contributed by atoms with E-state index < -0.39 is 32.8 Å². The fraction of sp³-hybridized carbons (Fsp3) is 0.0500. The Kier molecular flexibility index (Phi) is 5.54. The molecule has 2 heterocycles. The van der Waals surface area contributed by atoms with Gasteiger partial charge >= 0.3 is 5.63 Å². The highest BCUT2D eigenvalue weighted by Gasteiger charge is 2.21. The van der Waals surface area contributed by atoms with Crippen LogP contribution in [0.25, 0.3) is 22.2 Å². The van der Waals surface area contributed by atoms with Crippen molar-refractivity contribution in [3.05, 3.63) is 84.1 Å². The first-order valence-electron chi connectivity index (χ1n) is 9.08. The van der Waals surface area contributed by atoms with Gasteiger partial charge in [0.25, 0.3) is 17.3 Å². The zero-order valence-corrected chi connectivity index (χ0v) is 17.5. The van der Waals surface area contributed by atoms with Crippen LogP contribution in [0.5, 0.6) is 5.75 Å². The van der Waals surface area contributed by atoms with Crippen molar-refractivity contribution in [2.24, 2.45) is 0 Å². The van der Waals surface area contributed by atoms with E-state index in [2.05, 4.69) is 10.3 Å². The highest BCUT2D eigenvalue weighted by atomic mass is 32.1. The zero-order valence-electron chi connectivity index (χ0n) is 16.6. The summed E-state index contributed by atoms with van der Waals surface area (Å²) in [6.45, 7) is 0. The van der Waals surface area contributed by atoms with Crippen LogP contribution in [-0.4, -0.2) is 27.8 Å². The molecule has 4 aromatic rings. The van der Waals surface area contributed by atoms with Gasteiger partial charge < -0.3 is 9.15 Å². The molecular formula is C20H12N4O8S. The quantitative estimate of drug-likeness (QED) is 0.250. The number of fused-ring (bicyclic) bond motifs is 1. The van der Waals surface area contributed by atoms with Crippen LogP contribution in [0.4, 0.5) is 16.5 Å². The van der Waals surface area contributed by atoms with Crippen molar-refractivity contribution < 1.29 is 23.8 Å². The maximum Gasteiger partial charge on any atom is 0.345 e. The third-order valence-electron chi connectivity index (χ3n) is 4.53. The Hall–Kier alpha value is -4.65.